The first-order valence-electron chi connectivity index (χ1n) is 19.1. The van der Waals surface area contributed by atoms with Crippen molar-refractivity contribution in [2.75, 3.05) is 45.6 Å². The lowest BCUT2D eigenvalue weighted by molar-refractivity contribution is -0.138. The minimum atomic E-state index is -0.431. The lowest BCUT2D eigenvalue weighted by Gasteiger charge is -2.47. The van der Waals surface area contributed by atoms with Crippen molar-refractivity contribution in [3.05, 3.63) is 101 Å². The Bertz CT molecular complexity index is 2250. The van der Waals surface area contributed by atoms with Crippen LogP contribution in [0.15, 0.2) is 79.1 Å². The van der Waals surface area contributed by atoms with Gasteiger partial charge < -0.3 is 20.1 Å². The number of amides is 4. The summed E-state index contributed by atoms with van der Waals surface area (Å²) in [6.45, 7) is 5.52. The topological polar surface area (TPSA) is 144 Å². The van der Waals surface area contributed by atoms with Crippen LogP contribution >= 0.6 is 0 Å². The highest BCUT2D eigenvalue weighted by Gasteiger charge is 2.36. The number of aromatic nitrogens is 3. The number of fused-ring (bicyclic) bond motifs is 1. The van der Waals surface area contributed by atoms with Gasteiger partial charge in [0.2, 0.25) is 17.7 Å². The van der Waals surface area contributed by atoms with Crippen molar-refractivity contribution in [2.45, 2.75) is 57.0 Å². The Kier molecular flexibility index (Phi) is 9.91. The van der Waals surface area contributed by atoms with E-state index in [1.165, 1.54) is 5.56 Å². The number of hydrogen-bond donors (Lipinski definition) is 3. The summed E-state index contributed by atoms with van der Waals surface area (Å²) < 4.78 is 0. The van der Waals surface area contributed by atoms with E-state index in [1.54, 1.807) is 19.0 Å². The Morgan fingerprint density at radius 1 is 0.927 bits per heavy atom. The Labute approximate surface area is 320 Å². The maximum atomic E-state index is 13.0. The van der Waals surface area contributed by atoms with Crippen molar-refractivity contribution in [1.29, 1.82) is 0 Å². The third kappa shape index (κ3) is 7.59. The quantitative estimate of drug-likeness (QED) is 0.176. The minimum Gasteiger partial charge on any atom is -0.374 e. The highest BCUT2D eigenvalue weighted by atomic mass is 16.2. The summed E-state index contributed by atoms with van der Waals surface area (Å²) in [5.41, 5.74) is 9.96. The molecule has 0 radical (unpaired) electrons. The molecule has 12 nitrogen and oxygen atoms in total. The summed E-state index contributed by atoms with van der Waals surface area (Å²) in [6.07, 6.45) is 7.05. The smallest absolute Gasteiger partial charge is 0.253 e. The average molecular weight is 739 g/mol. The molecule has 1 atom stereocenters. The summed E-state index contributed by atoms with van der Waals surface area (Å²) in [4.78, 5) is 68.1. The molecule has 55 heavy (non-hydrogen) atoms. The van der Waals surface area contributed by atoms with Crippen LogP contribution in [0.3, 0.4) is 0 Å². The van der Waals surface area contributed by atoms with E-state index in [0.717, 1.165) is 89.4 Å². The molecule has 3 saturated heterocycles. The fourth-order valence-electron chi connectivity index (χ4n) is 8.01. The Balaban J connectivity index is 0.820. The average Bonchev–Trinajstić information content (AvgIpc) is 3.60. The molecule has 0 saturated carbocycles. The first-order chi connectivity index (χ1) is 26.6. The second-order valence-corrected chi connectivity index (χ2v) is 15.3. The van der Waals surface area contributed by atoms with Gasteiger partial charge in [0.05, 0.1) is 18.3 Å². The van der Waals surface area contributed by atoms with E-state index in [-0.39, 0.29) is 23.6 Å². The van der Waals surface area contributed by atoms with Gasteiger partial charge in [-0.2, -0.15) is 0 Å². The molecule has 3 fully saturated rings. The number of piperidine rings is 2. The van der Waals surface area contributed by atoms with Crippen molar-refractivity contribution in [1.82, 2.24) is 35.0 Å². The maximum absolute atomic E-state index is 13.0. The number of carbonyl (C=O) groups excluding carboxylic acids is 4. The van der Waals surface area contributed by atoms with Gasteiger partial charge in [-0.25, -0.2) is 9.97 Å². The zero-order valence-electron chi connectivity index (χ0n) is 31.5. The molecule has 5 heterocycles. The molecule has 12 heteroatoms. The summed E-state index contributed by atoms with van der Waals surface area (Å²) in [6, 6.07) is 22.2. The number of aryl methyl sites for hydroxylation is 1. The molecule has 1 unspecified atom stereocenters. The number of benzene rings is 3. The summed E-state index contributed by atoms with van der Waals surface area (Å²) >= 11 is 0. The largest absolute Gasteiger partial charge is 0.374 e. The first kappa shape index (κ1) is 36.1. The lowest BCUT2D eigenvalue weighted by Crippen LogP contribution is -2.62. The van der Waals surface area contributed by atoms with Gasteiger partial charge >= 0.3 is 0 Å². The summed E-state index contributed by atoms with van der Waals surface area (Å²) in [5, 5.41) is 5.55. The zero-order valence-corrected chi connectivity index (χ0v) is 31.5. The van der Waals surface area contributed by atoms with Gasteiger partial charge in [0, 0.05) is 68.2 Å². The third-order valence-electron chi connectivity index (χ3n) is 11.4. The molecule has 282 valence electrons. The van der Waals surface area contributed by atoms with Crippen molar-refractivity contribution < 1.29 is 19.2 Å². The molecular formula is C43H46N8O4. The van der Waals surface area contributed by atoms with Crippen LogP contribution in [-0.2, 0) is 20.8 Å². The number of likely N-dealkylation sites (tertiary alicyclic amines) is 2. The van der Waals surface area contributed by atoms with Crippen molar-refractivity contribution in [3.8, 4) is 22.4 Å². The molecular weight excluding hydrogens is 693 g/mol. The maximum Gasteiger partial charge on any atom is 0.253 e. The number of hydrogen-bond acceptors (Lipinski definition) is 8. The van der Waals surface area contributed by atoms with E-state index in [0.29, 0.717) is 36.8 Å². The van der Waals surface area contributed by atoms with Crippen LogP contribution in [0.5, 0.6) is 0 Å². The van der Waals surface area contributed by atoms with Crippen LogP contribution in [0.2, 0.25) is 0 Å². The van der Waals surface area contributed by atoms with E-state index >= 15 is 0 Å². The van der Waals surface area contributed by atoms with E-state index in [4.69, 9.17) is 4.98 Å². The highest BCUT2D eigenvalue weighted by Crippen LogP contribution is 2.33. The number of H-pyrrole nitrogens is 1. The number of carbonyl (C=O) groups is 4. The molecule has 4 amide bonds. The van der Waals surface area contributed by atoms with Crippen LogP contribution in [0.4, 0.5) is 5.69 Å². The van der Waals surface area contributed by atoms with Crippen molar-refractivity contribution in [3.63, 3.8) is 0 Å². The zero-order chi connectivity index (χ0) is 38.2. The predicted octanol–water partition coefficient (Wildman–Crippen LogP) is 5.15. The summed E-state index contributed by atoms with van der Waals surface area (Å²) in [7, 11) is 3.52. The molecule has 0 bridgehead atoms. The molecule has 0 spiro atoms. The summed E-state index contributed by atoms with van der Waals surface area (Å²) in [5.74, 6) is 0.0764. The number of rotatable bonds is 9. The molecule has 5 aromatic rings. The van der Waals surface area contributed by atoms with E-state index < -0.39 is 6.04 Å². The molecule has 3 aromatic carbocycles. The Hall–Kier alpha value is -5.88. The minimum absolute atomic E-state index is 0.0150. The van der Waals surface area contributed by atoms with Crippen LogP contribution in [0, 0.1) is 6.92 Å². The Morgan fingerprint density at radius 3 is 2.35 bits per heavy atom. The molecule has 3 N–H and O–H groups in total. The predicted molar refractivity (Wildman–Crippen MR) is 211 cm³/mol. The third-order valence-corrected chi connectivity index (χ3v) is 11.4. The van der Waals surface area contributed by atoms with E-state index in [9.17, 15) is 19.2 Å². The molecule has 3 aliphatic rings. The fraction of sp³-hybridized carbons (Fsp3) is 0.349. The van der Waals surface area contributed by atoms with Crippen LogP contribution in [-0.4, -0.2) is 106 Å². The van der Waals surface area contributed by atoms with Crippen LogP contribution in [0.25, 0.3) is 33.5 Å². The van der Waals surface area contributed by atoms with Gasteiger partial charge in [-0.15, -0.1) is 0 Å². The normalized spacial score (nSPS) is 18.2. The first-order valence-corrected chi connectivity index (χ1v) is 19.1. The number of nitrogens with zero attached hydrogens (tertiary/aromatic N) is 5. The lowest BCUT2D eigenvalue weighted by atomic mass is 9.87. The van der Waals surface area contributed by atoms with Gasteiger partial charge in [0.1, 0.15) is 11.6 Å². The van der Waals surface area contributed by atoms with E-state index in [1.807, 2.05) is 66.7 Å². The van der Waals surface area contributed by atoms with Gasteiger partial charge in [0.15, 0.2) is 5.65 Å². The SMILES string of the molecule is Cc1cc(-c2c[nH]c3ncc(-c4ccc(C5CCN(C6CN(C(=O)Cc7ccc(NC8CCC(=O)NC8=O)cc7)C6)CC5)cc4)nc23)ccc1C(=O)N(C)C. The number of aromatic amines is 1. The molecule has 0 aliphatic carbocycles. The fourth-order valence-corrected chi connectivity index (χ4v) is 8.01. The second kappa shape index (κ2) is 15.1. The van der Waals surface area contributed by atoms with E-state index in [2.05, 4.69) is 49.8 Å². The van der Waals surface area contributed by atoms with Gasteiger partial charge in [-0.3, -0.25) is 29.4 Å². The van der Waals surface area contributed by atoms with Gasteiger partial charge in [0.25, 0.3) is 5.91 Å². The van der Waals surface area contributed by atoms with Crippen molar-refractivity contribution in [2.24, 2.45) is 0 Å². The van der Waals surface area contributed by atoms with Crippen molar-refractivity contribution >= 4 is 40.5 Å². The Morgan fingerprint density at radius 2 is 1.65 bits per heavy atom. The highest BCUT2D eigenvalue weighted by molar-refractivity contribution is 6.01. The molecule has 8 rings (SSSR count). The number of imide groups is 1. The molecule has 2 aromatic heterocycles. The van der Waals surface area contributed by atoms with Crippen LogP contribution < -0.4 is 10.6 Å². The molecule has 3 aliphatic heterocycles. The monoisotopic (exact) mass is 738 g/mol. The van der Waals surface area contributed by atoms with Gasteiger partial charge in [-0.1, -0.05) is 48.5 Å². The van der Waals surface area contributed by atoms with Gasteiger partial charge in [-0.05, 0) is 85.6 Å². The standard InChI is InChI=1S/C43H46N8O4/c1-26-20-31(10-13-34(26)43(55)49(2)3)35-22-44-41-40(35)47-37(23-45-41)30-8-6-28(7-9-30)29-16-18-50(19-17-29)33-24-51(25-33)39(53)21-27-4-11-32(12-5-27)46-36-14-15-38(52)48-42(36)54/h4-13,20,22-23,29,33,36,46H,14-19,21,24-25H2,1-3H3,(H,44,45)(H,48,52,54). The van der Waals surface area contributed by atoms with Crippen LogP contribution in [0.1, 0.15) is 58.6 Å². The number of anilines is 1. The second-order valence-electron chi connectivity index (χ2n) is 15.3. The number of nitrogens with one attached hydrogen (secondary N) is 3.